The smallest absolute Gasteiger partial charge is 0.234 e. The molecule has 0 fully saturated rings. The molecule has 1 aromatic carbocycles. The minimum atomic E-state index is -0.0131. The van der Waals surface area contributed by atoms with Crippen LogP contribution in [-0.4, -0.2) is 36.1 Å². The topological polar surface area (TPSA) is 52.6 Å². The number of aromatic hydroxyl groups is 1. The predicted octanol–water partition coefficient (Wildman–Crippen LogP) is 2.00. The van der Waals surface area contributed by atoms with E-state index in [1.54, 1.807) is 18.2 Å². The third kappa shape index (κ3) is 4.94. The summed E-state index contributed by atoms with van der Waals surface area (Å²) in [6.45, 7) is 3.47. The van der Waals surface area contributed by atoms with E-state index in [-0.39, 0.29) is 11.7 Å². The van der Waals surface area contributed by atoms with Crippen LogP contribution in [0.3, 0.4) is 0 Å². The minimum absolute atomic E-state index is 0.0131. The number of phenols is 1. The first kappa shape index (κ1) is 14.8. The summed E-state index contributed by atoms with van der Waals surface area (Å²) in [7, 11) is 1.83. The zero-order chi connectivity index (χ0) is 13.5. The predicted molar refractivity (Wildman–Crippen MR) is 72.8 cm³/mol. The lowest BCUT2D eigenvalue weighted by Crippen LogP contribution is -2.35. The third-order valence-corrected chi connectivity index (χ3v) is 2.70. The first-order valence-electron chi connectivity index (χ1n) is 5.95. The number of hydrogen-bond donors (Lipinski definition) is 2. The van der Waals surface area contributed by atoms with Crippen LogP contribution in [0.15, 0.2) is 18.2 Å². The molecule has 18 heavy (non-hydrogen) atoms. The number of amides is 1. The molecule has 0 aliphatic rings. The van der Waals surface area contributed by atoms with Gasteiger partial charge in [0.1, 0.15) is 5.75 Å². The molecular formula is C13H19ClN2O2. The Kier molecular flexibility index (Phi) is 5.95. The lowest BCUT2D eigenvalue weighted by atomic mass is 10.2. The average molecular weight is 271 g/mol. The largest absolute Gasteiger partial charge is 0.508 e. The van der Waals surface area contributed by atoms with Crippen LogP contribution in [0.4, 0.5) is 0 Å². The van der Waals surface area contributed by atoms with Crippen LogP contribution in [0.5, 0.6) is 5.75 Å². The molecule has 0 unspecified atom stereocenters. The molecule has 2 N–H and O–H groups in total. The van der Waals surface area contributed by atoms with E-state index in [2.05, 4.69) is 5.32 Å². The Balaban J connectivity index is 2.51. The fraction of sp³-hybridized carbons (Fsp3) is 0.462. The van der Waals surface area contributed by atoms with Gasteiger partial charge in [-0.3, -0.25) is 9.69 Å². The maximum Gasteiger partial charge on any atom is 0.234 e. The van der Waals surface area contributed by atoms with Crippen molar-refractivity contribution in [2.24, 2.45) is 0 Å². The number of rotatable bonds is 6. The highest BCUT2D eigenvalue weighted by molar-refractivity contribution is 6.30. The van der Waals surface area contributed by atoms with Crippen molar-refractivity contribution in [3.63, 3.8) is 0 Å². The number of halogens is 1. The van der Waals surface area contributed by atoms with Crippen LogP contribution in [0.25, 0.3) is 0 Å². The van der Waals surface area contributed by atoms with Gasteiger partial charge in [0.2, 0.25) is 5.91 Å². The van der Waals surface area contributed by atoms with Crippen LogP contribution in [0.1, 0.15) is 18.9 Å². The number of phenolic OH excluding ortho intramolecular Hbond substituents is 1. The molecule has 0 saturated carbocycles. The Morgan fingerprint density at radius 1 is 1.50 bits per heavy atom. The molecular weight excluding hydrogens is 252 g/mol. The first-order valence-corrected chi connectivity index (χ1v) is 6.33. The van der Waals surface area contributed by atoms with Crippen molar-refractivity contribution in [3.05, 3.63) is 28.8 Å². The zero-order valence-electron chi connectivity index (χ0n) is 10.7. The Hall–Kier alpha value is -1.26. The number of carbonyl (C=O) groups excluding carboxylic acids is 1. The van der Waals surface area contributed by atoms with Crippen molar-refractivity contribution in [1.82, 2.24) is 10.2 Å². The Morgan fingerprint density at radius 2 is 2.22 bits per heavy atom. The second kappa shape index (κ2) is 7.24. The maximum absolute atomic E-state index is 11.5. The highest BCUT2D eigenvalue weighted by Crippen LogP contribution is 2.22. The third-order valence-electron chi connectivity index (χ3n) is 2.47. The molecule has 0 heterocycles. The SMILES string of the molecule is CCCNC(=O)CN(C)Cc1cc(Cl)ccc1O. The normalized spacial score (nSPS) is 10.7. The number of hydrogen-bond acceptors (Lipinski definition) is 3. The van der Waals surface area contributed by atoms with Gasteiger partial charge < -0.3 is 10.4 Å². The van der Waals surface area contributed by atoms with Crippen LogP contribution in [-0.2, 0) is 11.3 Å². The molecule has 5 heteroatoms. The molecule has 0 bridgehead atoms. The maximum atomic E-state index is 11.5. The summed E-state index contributed by atoms with van der Waals surface area (Å²) in [6.07, 6.45) is 0.921. The fourth-order valence-electron chi connectivity index (χ4n) is 1.59. The zero-order valence-corrected chi connectivity index (χ0v) is 11.5. The highest BCUT2D eigenvalue weighted by atomic mass is 35.5. The molecule has 1 amide bonds. The molecule has 0 saturated heterocycles. The van der Waals surface area contributed by atoms with Gasteiger partial charge in [0.15, 0.2) is 0 Å². The lowest BCUT2D eigenvalue weighted by molar-refractivity contribution is -0.122. The van der Waals surface area contributed by atoms with E-state index in [1.807, 2.05) is 18.9 Å². The molecule has 0 spiro atoms. The van der Waals surface area contributed by atoms with Gasteiger partial charge in [0, 0.05) is 23.7 Å². The summed E-state index contributed by atoms with van der Waals surface area (Å²) in [5.41, 5.74) is 0.716. The number of likely N-dealkylation sites (N-methyl/N-ethyl adjacent to an activating group) is 1. The van der Waals surface area contributed by atoms with E-state index in [0.717, 1.165) is 6.42 Å². The van der Waals surface area contributed by atoms with Crippen LogP contribution in [0.2, 0.25) is 5.02 Å². The average Bonchev–Trinajstić information content (AvgIpc) is 2.31. The van der Waals surface area contributed by atoms with Gasteiger partial charge in [-0.15, -0.1) is 0 Å². The summed E-state index contributed by atoms with van der Waals surface area (Å²) in [5, 5.41) is 13.1. The summed E-state index contributed by atoms with van der Waals surface area (Å²) >= 11 is 5.87. The molecule has 1 rings (SSSR count). The fourth-order valence-corrected chi connectivity index (χ4v) is 1.79. The summed E-state index contributed by atoms with van der Waals surface area (Å²) in [6, 6.07) is 4.90. The molecule has 0 radical (unpaired) electrons. The first-order chi connectivity index (χ1) is 8.52. The van der Waals surface area contributed by atoms with E-state index >= 15 is 0 Å². The van der Waals surface area contributed by atoms with Crippen LogP contribution in [0, 0.1) is 0 Å². The van der Waals surface area contributed by atoms with Crippen molar-refractivity contribution >= 4 is 17.5 Å². The Morgan fingerprint density at radius 3 is 2.89 bits per heavy atom. The van der Waals surface area contributed by atoms with Gasteiger partial charge in [-0.25, -0.2) is 0 Å². The van der Waals surface area contributed by atoms with Crippen molar-refractivity contribution in [3.8, 4) is 5.75 Å². The highest BCUT2D eigenvalue weighted by Gasteiger charge is 2.09. The quantitative estimate of drug-likeness (QED) is 0.831. The van der Waals surface area contributed by atoms with E-state index in [1.165, 1.54) is 0 Å². The Labute approximate surface area is 113 Å². The molecule has 1 aromatic rings. The molecule has 0 aliphatic heterocycles. The van der Waals surface area contributed by atoms with Gasteiger partial charge in [-0.2, -0.15) is 0 Å². The number of carbonyl (C=O) groups is 1. The van der Waals surface area contributed by atoms with Crippen LogP contribution < -0.4 is 5.32 Å². The monoisotopic (exact) mass is 270 g/mol. The molecule has 0 atom stereocenters. The van der Waals surface area contributed by atoms with E-state index in [0.29, 0.717) is 30.2 Å². The van der Waals surface area contributed by atoms with Crippen molar-refractivity contribution in [2.75, 3.05) is 20.1 Å². The van der Waals surface area contributed by atoms with Crippen molar-refractivity contribution in [1.29, 1.82) is 0 Å². The van der Waals surface area contributed by atoms with Gasteiger partial charge in [0.05, 0.1) is 6.54 Å². The molecule has 4 nitrogen and oxygen atoms in total. The number of nitrogens with one attached hydrogen (secondary N) is 1. The van der Waals surface area contributed by atoms with Gasteiger partial charge >= 0.3 is 0 Å². The van der Waals surface area contributed by atoms with E-state index in [4.69, 9.17) is 11.6 Å². The van der Waals surface area contributed by atoms with Crippen LogP contribution >= 0.6 is 11.6 Å². The standard InChI is InChI=1S/C13H19ClN2O2/c1-3-6-15-13(18)9-16(2)8-10-7-11(14)4-5-12(10)17/h4-5,7,17H,3,6,8-9H2,1-2H3,(H,15,18). The number of nitrogens with zero attached hydrogens (tertiary/aromatic N) is 1. The summed E-state index contributed by atoms with van der Waals surface area (Å²) < 4.78 is 0. The van der Waals surface area contributed by atoms with Crippen molar-refractivity contribution in [2.45, 2.75) is 19.9 Å². The molecule has 0 aliphatic carbocycles. The Bertz CT molecular complexity index is 410. The summed E-state index contributed by atoms with van der Waals surface area (Å²) in [4.78, 5) is 13.3. The lowest BCUT2D eigenvalue weighted by Gasteiger charge is -2.17. The van der Waals surface area contributed by atoms with E-state index in [9.17, 15) is 9.90 Å². The molecule has 100 valence electrons. The number of benzene rings is 1. The van der Waals surface area contributed by atoms with Crippen molar-refractivity contribution < 1.29 is 9.90 Å². The van der Waals surface area contributed by atoms with Gasteiger partial charge in [-0.1, -0.05) is 18.5 Å². The minimum Gasteiger partial charge on any atom is -0.508 e. The summed E-state index contributed by atoms with van der Waals surface area (Å²) in [5.74, 6) is 0.182. The second-order valence-electron chi connectivity index (χ2n) is 4.30. The van der Waals surface area contributed by atoms with Gasteiger partial charge in [0.25, 0.3) is 0 Å². The van der Waals surface area contributed by atoms with E-state index < -0.39 is 0 Å². The van der Waals surface area contributed by atoms with Gasteiger partial charge in [-0.05, 0) is 31.7 Å². The second-order valence-corrected chi connectivity index (χ2v) is 4.73. The molecule has 0 aromatic heterocycles.